The Morgan fingerprint density at radius 1 is 0.237 bits per heavy atom. The monoisotopic (exact) mass is 751 g/mol. The van der Waals surface area contributed by atoms with E-state index < -0.39 is 0 Å². The van der Waals surface area contributed by atoms with Gasteiger partial charge in [0.25, 0.3) is 0 Å². The van der Waals surface area contributed by atoms with E-state index in [-0.39, 0.29) is 0 Å². The molecule has 10 aromatic carbocycles. The van der Waals surface area contributed by atoms with Gasteiger partial charge in [0.15, 0.2) is 0 Å². The third-order valence-electron chi connectivity index (χ3n) is 11.3. The molecule has 0 fully saturated rings. The molecule has 0 aliphatic heterocycles. The highest BCUT2D eigenvalue weighted by Gasteiger charge is 2.21. The Labute approximate surface area is 346 Å². The predicted octanol–water partition coefficient (Wildman–Crippen LogP) is 16.3. The number of fused-ring (bicyclic) bond motifs is 1. The third-order valence-corrected chi connectivity index (χ3v) is 11.3. The van der Waals surface area contributed by atoms with Gasteiger partial charge in [0.1, 0.15) is 0 Å². The molecule has 0 saturated heterocycles. The summed E-state index contributed by atoms with van der Waals surface area (Å²) in [4.78, 5) is 2.41. The van der Waals surface area contributed by atoms with Gasteiger partial charge in [0.2, 0.25) is 0 Å². The SMILES string of the molecule is c1ccc(-c2ccccc2-c2c(-c3ccccc3)cccc2-c2cccc(N(c3ccc(-c4cccc5ccccc45)cc3)c3ccccc3-c3ccccc3)c2)cc1. The van der Waals surface area contributed by atoms with Gasteiger partial charge in [0, 0.05) is 16.9 Å². The molecule has 1 heteroatoms. The van der Waals surface area contributed by atoms with Crippen molar-refractivity contribution >= 4 is 27.8 Å². The molecule has 0 saturated carbocycles. The summed E-state index contributed by atoms with van der Waals surface area (Å²) in [6.45, 7) is 0. The molecule has 0 aromatic heterocycles. The van der Waals surface area contributed by atoms with Crippen molar-refractivity contribution in [3.05, 3.63) is 249 Å². The van der Waals surface area contributed by atoms with Crippen molar-refractivity contribution in [2.24, 2.45) is 0 Å². The average molecular weight is 752 g/mol. The minimum atomic E-state index is 1.08. The van der Waals surface area contributed by atoms with Crippen molar-refractivity contribution in [2.75, 3.05) is 4.90 Å². The number of para-hydroxylation sites is 1. The molecular weight excluding hydrogens is 711 g/mol. The molecule has 10 aromatic rings. The van der Waals surface area contributed by atoms with Gasteiger partial charge in [-0.15, -0.1) is 0 Å². The van der Waals surface area contributed by atoms with Crippen molar-refractivity contribution in [2.45, 2.75) is 0 Å². The summed E-state index contributed by atoms with van der Waals surface area (Å²) in [5.74, 6) is 0. The number of rotatable bonds is 9. The van der Waals surface area contributed by atoms with Gasteiger partial charge < -0.3 is 4.90 Å². The highest BCUT2D eigenvalue weighted by atomic mass is 15.1. The Morgan fingerprint density at radius 2 is 0.678 bits per heavy atom. The lowest BCUT2D eigenvalue weighted by Gasteiger charge is -2.29. The second-order valence-corrected chi connectivity index (χ2v) is 14.8. The molecule has 0 aliphatic carbocycles. The number of anilines is 3. The smallest absolute Gasteiger partial charge is 0.0540 e. The van der Waals surface area contributed by atoms with Crippen LogP contribution >= 0.6 is 0 Å². The van der Waals surface area contributed by atoms with Crippen LogP contribution in [0.3, 0.4) is 0 Å². The molecule has 0 amide bonds. The zero-order valence-electron chi connectivity index (χ0n) is 32.6. The average Bonchev–Trinajstić information content (AvgIpc) is 3.32. The Kier molecular flexibility index (Phi) is 9.68. The predicted molar refractivity (Wildman–Crippen MR) is 251 cm³/mol. The Morgan fingerprint density at radius 3 is 1.39 bits per heavy atom. The Bertz CT molecular complexity index is 3020. The summed E-state index contributed by atoms with van der Waals surface area (Å²) < 4.78 is 0. The summed E-state index contributed by atoms with van der Waals surface area (Å²) >= 11 is 0. The summed E-state index contributed by atoms with van der Waals surface area (Å²) in [7, 11) is 0. The first kappa shape index (κ1) is 35.7. The molecule has 10 rings (SSSR count). The van der Waals surface area contributed by atoms with Crippen LogP contribution in [-0.2, 0) is 0 Å². The van der Waals surface area contributed by atoms with Crippen molar-refractivity contribution in [3.63, 3.8) is 0 Å². The van der Waals surface area contributed by atoms with E-state index in [1.54, 1.807) is 0 Å². The second kappa shape index (κ2) is 16.0. The maximum Gasteiger partial charge on any atom is 0.0540 e. The highest BCUT2D eigenvalue weighted by molar-refractivity contribution is 6.01. The van der Waals surface area contributed by atoms with Gasteiger partial charge >= 0.3 is 0 Å². The number of hydrogen-bond acceptors (Lipinski definition) is 1. The molecule has 0 radical (unpaired) electrons. The molecule has 278 valence electrons. The molecule has 0 bridgehead atoms. The van der Waals surface area contributed by atoms with Crippen LogP contribution in [0, 0.1) is 0 Å². The molecular formula is C58H41N. The van der Waals surface area contributed by atoms with E-state index in [1.807, 2.05) is 0 Å². The van der Waals surface area contributed by atoms with Gasteiger partial charge in [0.05, 0.1) is 5.69 Å². The summed E-state index contributed by atoms with van der Waals surface area (Å²) in [5.41, 5.74) is 17.6. The van der Waals surface area contributed by atoms with Crippen LogP contribution in [0.25, 0.3) is 77.5 Å². The van der Waals surface area contributed by atoms with E-state index in [9.17, 15) is 0 Å². The molecule has 0 unspecified atom stereocenters. The number of hydrogen-bond donors (Lipinski definition) is 0. The summed E-state index contributed by atoms with van der Waals surface area (Å²) in [6, 6.07) is 89.9. The fourth-order valence-electron chi connectivity index (χ4n) is 8.55. The maximum absolute atomic E-state index is 2.41. The molecule has 0 N–H and O–H groups in total. The zero-order chi connectivity index (χ0) is 39.4. The van der Waals surface area contributed by atoms with E-state index in [4.69, 9.17) is 0 Å². The third kappa shape index (κ3) is 7.01. The first-order valence-electron chi connectivity index (χ1n) is 20.3. The van der Waals surface area contributed by atoms with Gasteiger partial charge in [-0.1, -0.05) is 218 Å². The summed E-state index contributed by atoms with van der Waals surface area (Å²) in [5, 5.41) is 2.50. The van der Waals surface area contributed by atoms with Gasteiger partial charge in [-0.25, -0.2) is 0 Å². The van der Waals surface area contributed by atoms with Crippen molar-refractivity contribution in [1.82, 2.24) is 0 Å². The highest BCUT2D eigenvalue weighted by Crippen LogP contribution is 2.47. The van der Waals surface area contributed by atoms with Crippen LogP contribution in [0.15, 0.2) is 249 Å². The lowest BCUT2D eigenvalue weighted by atomic mass is 9.84. The fourth-order valence-corrected chi connectivity index (χ4v) is 8.55. The number of nitrogens with zero attached hydrogens (tertiary/aromatic N) is 1. The van der Waals surface area contributed by atoms with E-state index in [1.165, 1.54) is 72.0 Å². The maximum atomic E-state index is 2.41. The lowest BCUT2D eigenvalue weighted by molar-refractivity contribution is 1.28. The van der Waals surface area contributed by atoms with Crippen molar-refractivity contribution < 1.29 is 0 Å². The standard InChI is InChI=1S/C58H41N/c1-4-19-42(20-5-1)52-30-12-13-32-56(52)58-54(45-23-8-3-9-24-45)34-18-35-55(58)47-27-16-28-49(41-47)59(57-36-15-14-31-53(57)44-21-6-2-7-22-44)48-39-37-46(38-40-48)51-33-17-26-43-25-10-11-29-50(43)51/h1-41H. The minimum Gasteiger partial charge on any atom is -0.310 e. The molecule has 59 heavy (non-hydrogen) atoms. The van der Waals surface area contributed by atoms with Crippen LogP contribution in [0.5, 0.6) is 0 Å². The molecule has 0 spiro atoms. The second-order valence-electron chi connectivity index (χ2n) is 14.8. The van der Waals surface area contributed by atoms with Gasteiger partial charge in [-0.3, -0.25) is 0 Å². The van der Waals surface area contributed by atoms with Gasteiger partial charge in [-0.05, 0) is 102 Å². The van der Waals surface area contributed by atoms with Crippen molar-refractivity contribution in [1.29, 1.82) is 0 Å². The molecule has 1 nitrogen and oxygen atoms in total. The normalized spacial score (nSPS) is 11.1. The number of benzene rings is 10. The van der Waals surface area contributed by atoms with E-state index in [0.717, 1.165) is 22.6 Å². The minimum absolute atomic E-state index is 1.08. The van der Waals surface area contributed by atoms with Crippen LogP contribution in [0.2, 0.25) is 0 Å². The summed E-state index contributed by atoms with van der Waals surface area (Å²) in [6.07, 6.45) is 0. The van der Waals surface area contributed by atoms with Crippen LogP contribution in [0.4, 0.5) is 17.1 Å². The Hall–Kier alpha value is -7.74. The largest absolute Gasteiger partial charge is 0.310 e. The molecule has 0 atom stereocenters. The zero-order valence-corrected chi connectivity index (χ0v) is 32.6. The molecule has 0 aliphatic rings. The van der Waals surface area contributed by atoms with Crippen molar-refractivity contribution in [3.8, 4) is 66.8 Å². The van der Waals surface area contributed by atoms with E-state index in [2.05, 4.69) is 254 Å². The topological polar surface area (TPSA) is 3.24 Å². The van der Waals surface area contributed by atoms with Crippen LogP contribution < -0.4 is 4.90 Å². The van der Waals surface area contributed by atoms with Crippen LogP contribution in [-0.4, -0.2) is 0 Å². The molecule has 0 heterocycles. The van der Waals surface area contributed by atoms with Crippen LogP contribution in [0.1, 0.15) is 0 Å². The fraction of sp³-hybridized carbons (Fsp3) is 0. The van der Waals surface area contributed by atoms with E-state index >= 15 is 0 Å². The quantitative estimate of drug-likeness (QED) is 0.142. The lowest BCUT2D eigenvalue weighted by Crippen LogP contribution is -2.11. The van der Waals surface area contributed by atoms with E-state index in [0.29, 0.717) is 0 Å². The first-order valence-corrected chi connectivity index (χ1v) is 20.3. The Balaban J connectivity index is 1.17. The van der Waals surface area contributed by atoms with Gasteiger partial charge in [-0.2, -0.15) is 0 Å². The first-order chi connectivity index (χ1) is 29.3.